The fraction of sp³-hybridized carbons (Fsp3) is 0.273. The van der Waals surface area contributed by atoms with E-state index in [4.69, 9.17) is 23.2 Å². The summed E-state index contributed by atoms with van der Waals surface area (Å²) >= 11 is 11.8. The van der Waals surface area contributed by atoms with Crippen LogP contribution in [0.1, 0.15) is 24.3 Å². The summed E-state index contributed by atoms with van der Waals surface area (Å²) in [5.74, 6) is -0.662. The van der Waals surface area contributed by atoms with Gasteiger partial charge in [-0.3, -0.25) is 14.9 Å². The van der Waals surface area contributed by atoms with Crippen molar-refractivity contribution in [1.82, 2.24) is 5.32 Å². The molecular weight excluding hydrogens is 249 g/mol. The highest BCUT2D eigenvalue weighted by Crippen LogP contribution is 2.33. The molecule has 1 saturated heterocycles. The van der Waals surface area contributed by atoms with E-state index in [1.165, 1.54) is 0 Å². The average Bonchev–Trinajstić information content (AvgIpc) is 2.15. The van der Waals surface area contributed by atoms with Gasteiger partial charge in [-0.25, -0.2) is 0 Å². The number of carbonyl (C=O) groups excluding carboxylic acids is 2. The van der Waals surface area contributed by atoms with Gasteiger partial charge in [0.25, 0.3) is 0 Å². The van der Waals surface area contributed by atoms with Crippen molar-refractivity contribution in [3.63, 3.8) is 0 Å². The number of piperidine rings is 1. The molecule has 2 rings (SSSR count). The predicted molar refractivity (Wildman–Crippen MR) is 61.6 cm³/mol. The topological polar surface area (TPSA) is 46.2 Å². The van der Waals surface area contributed by atoms with Crippen LogP contribution in [0, 0.1) is 0 Å². The van der Waals surface area contributed by atoms with Crippen molar-refractivity contribution in [1.29, 1.82) is 0 Å². The van der Waals surface area contributed by atoms with Gasteiger partial charge in [-0.05, 0) is 17.7 Å². The van der Waals surface area contributed by atoms with Crippen molar-refractivity contribution in [3.8, 4) is 0 Å². The quantitative estimate of drug-likeness (QED) is 0.786. The van der Waals surface area contributed by atoms with Gasteiger partial charge in [0.15, 0.2) is 0 Å². The van der Waals surface area contributed by atoms with Crippen molar-refractivity contribution >= 4 is 35.0 Å². The van der Waals surface area contributed by atoms with Gasteiger partial charge >= 0.3 is 0 Å². The van der Waals surface area contributed by atoms with Crippen LogP contribution in [0.5, 0.6) is 0 Å². The third kappa shape index (κ3) is 2.36. The highest BCUT2D eigenvalue weighted by atomic mass is 35.5. The van der Waals surface area contributed by atoms with Crippen LogP contribution in [0.15, 0.2) is 18.2 Å². The lowest BCUT2D eigenvalue weighted by Crippen LogP contribution is -2.37. The van der Waals surface area contributed by atoms with E-state index in [0.29, 0.717) is 10.0 Å². The summed E-state index contributed by atoms with van der Waals surface area (Å²) in [6.07, 6.45) is 0.570. The maximum atomic E-state index is 11.2. The van der Waals surface area contributed by atoms with Gasteiger partial charge < -0.3 is 0 Å². The lowest BCUT2D eigenvalue weighted by atomic mass is 9.89. The van der Waals surface area contributed by atoms with Crippen LogP contribution in [0.3, 0.4) is 0 Å². The molecular formula is C11H9Cl2NO2. The number of hydrogen-bond acceptors (Lipinski definition) is 2. The van der Waals surface area contributed by atoms with E-state index in [9.17, 15) is 9.59 Å². The fourth-order valence-electron chi connectivity index (χ4n) is 1.83. The lowest BCUT2D eigenvalue weighted by Gasteiger charge is -2.22. The third-order valence-electron chi connectivity index (χ3n) is 2.54. The number of imide groups is 1. The van der Waals surface area contributed by atoms with Gasteiger partial charge in [-0.1, -0.05) is 29.3 Å². The number of rotatable bonds is 1. The smallest absolute Gasteiger partial charge is 0.227 e. The molecule has 0 atom stereocenters. The molecule has 0 bridgehead atoms. The number of nitrogens with one attached hydrogen (secondary N) is 1. The zero-order valence-corrected chi connectivity index (χ0v) is 9.81. The van der Waals surface area contributed by atoms with Crippen LogP contribution in [-0.2, 0) is 9.59 Å². The van der Waals surface area contributed by atoms with E-state index in [1.54, 1.807) is 18.2 Å². The zero-order chi connectivity index (χ0) is 11.7. The highest BCUT2D eigenvalue weighted by Gasteiger charge is 2.27. The SMILES string of the molecule is O=C1CC(c2ccc(Cl)cc2Cl)CC(=O)N1. The molecule has 1 aromatic rings. The molecule has 1 aliphatic heterocycles. The third-order valence-corrected chi connectivity index (χ3v) is 3.11. The van der Waals surface area contributed by atoms with Crippen LogP contribution < -0.4 is 5.32 Å². The van der Waals surface area contributed by atoms with E-state index >= 15 is 0 Å². The molecule has 1 aromatic carbocycles. The molecule has 0 radical (unpaired) electrons. The van der Waals surface area contributed by atoms with Crippen molar-refractivity contribution < 1.29 is 9.59 Å². The number of carbonyl (C=O) groups is 2. The molecule has 84 valence electrons. The number of halogens is 2. The Morgan fingerprint density at radius 1 is 1.12 bits per heavy atom. The summed E-state index contributed by atoms with van der Waals surface area (Å²) in [4.78, 5) is 22.5. The summed E-state index contributed by atoms with van der Waals surface area (Å²) in [6, 6.07) is 5.09. The molecule has 1 heterocycles. The summed E-state index contributed by atoms with van der Waals surface area (Å²) in [5.41, 5.74) is 0.800. The second-order valence-corrected chi connectivity index (χ2v) is 4.59. The molecule has 1 fully saturated rings. The van der Waals surface area contributed by atoms with Gasteiger partial charge in [0.2, 0.25) is 11.8 Å². The van der Waals surface area contributed by atoms with Crippen molar-refractivity contribution in [3.05, 3.63) is 33.8 Å². The predicted octanol–water partition coefficient (Wildman–Crippen LogP) is 2.51. The van der Waals surface area contributed by atoms with Crippen LogP contribution in [0.25, 0.3) is 0 Å². The van der Waals surface area contributed by atoms with E-state index in [2.05, 4.69) is 5.32 Å². The molecule has 0 unspecified atom stereocenters. The summed E-state index contributed by atoms with van der Waals surface area (Å²) in [6.45, 7) is 0. The number of hydrogen-bond donors (Lipinski definition) is 1. The first-order chi connectivity index (χ1) is 7.56. The largest absolute Gasteiger partial charge is 0.296 e. The van der Waals surface area contributed by atoms with Crippen LogP contribution in [-0.4, -0.2) is 11.8 Å². The molecule has 5 heteroatoms. The van der Waals surface area contributed by atoms with E-state index in [1.807, 2.05) is 0 Å². The number of benzene rings is 1. The van der Waals surface area contributed by atoms with Crippen molar-refractivity contribution in [2.24, 2.45) is 0 Å². The van der Waals surface area contributed by atoms with E-state index < -0.39 is 0 Å². The molecule has 0 saturated carbocycles. The zero-order valence-electron chi connectivity index (χ0n) is 8.30. The Labute approximate surface area is 103 Å². The monoisotopic (exact) mass is 257 g/mol. The van der Waals surface area contributed by atoms with Gasteiger partial charge in [-0.2, -0.15) is 0 Å². The average molecular weight is 258 g/mol. The molecule has 1 N–H and O–H groups in total. The van der Waals surface area contributed by atoms with Crippen LogP contribution >= 0.6 is 23.2 Å². The molecule has 3 nitrogen and oxygen atoms in total. The second kappa shape index (κ2) is 4.44. The van der Waals surface area contributed by atoms with Crippen molar-refractivity contribution in [2.45, 2.75) is 18.8 Å². The summed E-state index contributed by atoms with van der Waals surface area (Å²) in [7, 11) is 0. The Morgan fingerprint density at radius 3 is 2.31 bits per heavy atom. The molecule has 0 aromatic heterocycles. The molecule has 0 aliphatic carbocycles. The Bertz CT molecular complexity index is 443. The first-order valence-corrected chi connectivity index (χ1v) is 5.59. The Morgan fingerprint density at radius 2 is 1.75 bits per heavy atom. The van der Waals surface area contributed by atoms with Gasteiger partial charge in [0, 0.05) is 28.8 Å². The fourth-order valence-corrected chi connectivity index (χ4v) is 2.39. The minimum atomic E-state index is -0.257. The summed E-state index contributed by atoms with van der Waals surface area (Å²) in [5, 5.41) is 3.30. The highest BCUT2D eigenvalue weighted by molar-refractivity contribution is 6.35. The van der Waals surface area contributed by atoms with Gasteiger partial charge in [0.1, 0.15) is 0 Å². The van der Waals surface area contributed by atoms with Gasteiger partial charge in [0.05, 0.1) is 0 Å². The molecule has 2 amide bonds. The Kier molecular flexibility index (Phi) is 3.17. The molecule has 1 aliphatic rings. The Hall–Kier alpha value is -1.06. The van der Waals surface area contributed by atoms with Gasteiger partial charge in [-0.15, -0.1) is 0 Å². The molecule has 0 spiro atoms. The first-order valence-electron chi connectivity index (χ1n) is 4.84. The normalized spacial score (nSPS) is 17.4. The minimum absolute atomic E-state index is 0.147. The maximum absolute atomic E-state index is 11.2. The minimum Gasteiger partial charge on any atom is -0.296 e. The maximum Gasteiger partial charge on any atom is 0.227 e. The second-order valence-electron chi connectivity index (χ2n) is 3.74. The van der Waals surface area contributed by atoms with Crippen LogP contribution in [0.4, 0.5) is 0 Å². The molecule has 16 heavy (non-hydrogen) atoms. The van der Waals surface area contributed by atoms with Crippen molar-refractivity contribution in [2.75, 3.05) is 0 Å². The summed E-state index contributed by atoms with van der Waals surface area (Å²) < 4.78 is 0. The van der Waals surface area contributed by atoms with E-state index in [0.717, 1.165) is 5.56 Å². The standard InChI is InChI=1S/C11H9Cl2NO2/c12-7-1-2-8(9(13)5-7)6-3-10(15)14-11(16)4-6/h1-2,5-6H,3-4H2,(H,14,15,16). The lowest BCUT2D eigenvalue weighted by molar-refractivity contribution is -0.133. The first kappa shape index (κ1) is 11.4. The van der Waals surface area contributed by atoms with Crippen LogP contribution in [0.2, 0.25) is 10.0 Å². The van der Waals surface area contributed by atoms with E-state index in [-0.39, 0.29) is 30.6 Å². The number of amides is 2. The Balaban J connectivity index is 2.29.